The Kier molecular flexibility index (Phi) is 5.27. The van der Waals surface area contributed by atoms with Gasteiger partial charge in [0, 0.05) is 28.8 Å². The quantitative estimate of drug-likeness (QED) is 0.470. The fraction of sp³-hybridized carbons (Fsp3) is 0.238. The first kappa shape index (κ1) is 19.7. The van der Waals surface area contributed by atoms with Crippen molar-refractivity contribution in [3.8, 4) is 5.69 Å². The molecule has 0 aliphatic rings. The summed E-state index contributed by atoms with van der Waals surface area (Å²) < 4.78 is 39.9. The summed E-state index contributed by atoms with van der Waals surface area (Å²) >= 11 is 0. The van der Waals surface area contributed by atoms with E-state index in [1.54, 1.807) is 6.21 Å². The molecule has 0 aliphatic carbocycles. The zero-order chi connectivity index (χ0) is 20.5. The normalized spacial score (nSPS) is 12.0. The van der Waals surface area contributed by atoms with Crippen LogP contribution in [0.1, 0.15) is 33.6 Å². The molecule has 0 saturated heterocycles. The molecule has 3 aromatic rings. The number of nitrogens with one attached hydrogen (secondary N) is 1. The molecule has 2 aromatic heterocycles. The van der Waals surface area contributed by atoms with Crippen molar-refractivity contribution in [3.05, 3.63) is 76.2 Å². The molecule has 2 heterocycles. The van der Waals surface area contributed by atoms with Crippen LogP contribution in [-0.4, -0.2) is 15.8 Å². The summed E-state index contributed by atoms with van der Waals surface area (Å²) in [7, 11) is 0. The van der Waals surface area contributed by atoms with Gasteiger partial charge in [-0.3, -0.25) is 5.43 Å². The third-order valence-corrected chi connectivity index (χ3v) is 4.41. The molecule has 1 aromatic carbocycles. The van der Waals surface area contributed by atoms with Crippen LogP contribution in [0.5, 0.6) is 0 Å². The third-order valence-electron chi connectivity index (χ3n) is 4.41. The number of nitrogens with zero attached hydrogens (tertiary/aromatic N) is 3. The number of alkyl halides is 3. The Hall–Kier alpha value is -3.09. The summed E-state index contributed by atoms with van der Waals surface area (Å²) in [6.07, 6.45) is -1.98. The molecule has 0 unspecified atom stereocenters. The Bertz CT molecular complexity index is 995. The van der Waals surface area contributed by atoms with E-state index in [1.807, 2.05) is 19.9 Å². The molecule has 0 saturated carbocycles. The van der Waals surface area contributed by atoms with E-state index in [-0.39, 0.29) is 5.82 Å². The molecule has 4 nitrogen and oxygen atoms in total. The summed E-state index contributed by atoms with van der Waals surface area (Å²) in [5, 5.41) is 4.12. The number of hydrogen-bond donors (Lipinski definition) is 1. The lowest BCUT2D eigenvalue weighted by Gasteiger charge is -2.11. The molecule has 0 aliphatic heterocycles. The van der Waals surface area contributed by atoms with Crippen LogP contribution in [0.15, 0.2) is 47.7 Å². The topological polar surface area (TPSA) is 42.2 Å². The van der Waals surface area contributed by atoms with E-state index >= 15 is 0 Å². The van der Waals surface area contributed by atoms with Gasteiger partial charge in [-0.1, -0.05) is 6.07 Å². The van der Waals surface area contributed by atoms with Crippen molar-refractivity contribution in [2.75, 3.05) is 5.43 Å². The minimum Gasteiger partial charge on any atom is -0.318 e. The Balaban J connectivity index is 1.80. The minimum atomic E-state index is -4.40. The standard InChI is InChI=1S/C21H21F3N4/c1-13-7-14(2)9-19(8-13)28-15(3)10-17(16(28)4)11-26-27-20-6-5-18(12-25-20)21(22,23)24/h5-12H,1-4H3,(H,25,27)/b26-11-. The number of halogens is 3. The Morgan fingerprint density at radius 3 is 2.25 bits per heavy atom. The molecule has 0 fully saturated rings. The number of aromatic nitrogens is 2. The number of anilines is 1. The minimum absolute atomic E-state index is 0.243. The van der Waals surface area contributed by atoms with Gasteiger partial charge >= 0.3 is 6.18 Å². The molecule has 3 rings (SSSR count). The van der Waals surface area contributed by atoms with E-state index in [0.717, 1.165) is 34.9 Å². The predicted molar refractivity (Wildman–Crippen MR) is 105 cm³/mol. The maximum Gasteiger partial charge on any atom is 0.417 e. The summed E-state index contributed by atoms with van der Waals surface area (Å²) in [5.74, 6) is 0.243. The molecule has 0 bridgehead atoms. The third kappa shape index (κ3) is 4.24. The second kappa shape index (κ2) is 7.50. The van der Waals surface area contributed by atoms with Gasteiger partial charge in [0.15, 0.2) is 0 Å². The second-order valence-corrected chi connectivity index (χ2v) is 6.81. The van der Waals surface area contributed by atoms with Crippen LogP contribution in [0, 0.1) is 27.7 Å². The largest absolute Gasteiger partial charge is 0.417 e. The number of aryl methyl sites for hydroxylation is 3. The van der Waals surface area contributed by atoms with E-state index in [0.29, 0.717) is 0 Å². The number of benzene rings is 1. The molecule has 0 radical (unpaired) electrons. The van der Waals surface area contributed by atoms with Crippen LogP contribution in [-0.2, 0) is 6.18 Å². The maximum atomic E-state index is 12.6. The first-order chi connectivity index (χ1) is 13.1. The molecule has 0 amide bonds. The van der Waals surface area contributed by atoms with Crippen LogP contribution in [0.25, 0.3) is 5.69 Å². The SMILES string of the molecule is Cc1cc(C)cc(-n2c(C)cc(/C=N\Nc3ccc(C(F)(F)F)cn3)c2C)c1. The highest BCUT2D eigenvalue weighted by Crippen LogP contribution is 2.28. The predicted octanol–water partition coefficient (Wildman–Crippen LogP) is 5.57. The first-order valence-electron chi connectivity index (χ1n) is 8.75. The van der Waals surface area contributed by atoms with E-state index in [4.69, 9.17) is 0 Å². The van der Waals surface area contributed by atoms with Crippen LogP contribution in [0.3, 0.4) is 0 Å². The fourth-order valence-corrected chi connectivity index (χ4v) is 3.19. The van der Waals surface area contributed by atoms with E-state index < -0.39 is 11.7 Å². The lowest BCUT2D eigenvalue weighted by molar-refractivity contribution is -0.137. The van der Waals surface area contributed by atoms with Gasteiger partial charge in [-0.05, 0) is 69.2 Å². The number of hydrazone groups is 1. The van der Waals surface area contributed by atoms with Crippen molar-refractivity contribution in [1.29, 1.82) is 0 Å². The highest BCUT2D eigenvalue weighted by molar-refractivity contribution is 5.82. The van der Waals surface area contributed by atoms with Crippen LogP contribution < -0.4 is 5.43 Å². The molecule has 0 spiro atoms. The monoisotopic (exact) mass is 386 g/mol. The Morgan fingerprint density at radius 2 is 1.68 bits per heavy atom. The maximum absolute atomic E-state index is 12.6. The van der Waals surface area contributed by atoms with Gasteiger partial charge in [-0.15, -0.1) is 0 Å². The number of rotatable bonds is 4. The van der Waals surface area contributed by atoms with Gasteiger partial charge in [0.1, 0.15) is 5.82 Å². The first-order valence-corrected chi connectivity index (χ1v) is 8.75. The van der Waals surface area contributed by atoms with E-state index in [2.05, 4.69) is 52.1 Å². The summed E-state index contributed by atoms with van der Waals surface area (Å²) in [5.41, 5.74) is 8.34. The summed E-state index contributed by atoms with van der Waals surface area (Å²) in [6.45, 7) is 8.15. The molecular formula is C21H21F3N4. The molecule has 146 valence electrons. The lowest BCUT2D eigenvalue weighted by atomic mass is 10.1. The van der Waals surface area contributed by atoms with Crippen molar-refractivity contribution >= 4 is 12.0 Å². The number of hydrogen-bond acceptors (Lipinski definition) is 3. The molecule has 0 atom stereocenters. The number of pyridine rings is 1. The van der Waals surface area contributed by atoms with Gasteiger partial charge in [0.05, 0.1) is 11.8 Å². The Labute approximate surface area is 161 Å². The molecule has 7 heteroatoms. The van der Waals surface area contributed by atoms with Crippen molar-refractivity contribution < 1.29 is 13.2 Å². The average molecular weight is 386 g/mol. The van der Waals surface area contributed by atoms with Gasteiger partial charge < -0.3 is 4.57 Å². The van der Waals surface area contributed by atoms with Crippen molar-refractivity contribution in [1.82, 2.24) is 9.55 Å². The highest BCUT2D eigenvalue weighted by atomic mass is 19.4. The van der Waals surface area contributed by atoms with Crippen molar-refractivity contribution in [3.63, 3.8) is 0 Å². The smallest absolute Gasteiger partial charge is 0.318 e. The van der Waals surface area contributed by atoms with Crippen LogP contribution in [0.2, 0.25) is 0 Å². The fourth-order valence-electron chi connectivity index (χ4n) is 3.19. The summed E-state index contributed by atoms with van der Waals surface area (Å²) in [6, 6.07) is 10.6. The van der Waals surface area contributed by atoms with E-state index in [1.165, 1.54) is 17.2 Å². The summed E-state index contributed by atoms with van der Waals surface area (Å²) in [4.78, 5) is 3.74. The van der Waals surface area contributed by atoms with Crippen LogP contribution in [0.4, 0.5) is 19.0 Å². The molecule has 1 N–H and O–H groups in total. The van der Waals surface area contributed by atoms with E-state index in [9.17, 15) is 13.2 Å². The van der Waals surface area contributed by atoms with Gasteiger partial charge in [-0.2, -0.15) is 18.3 Å². The average Bonchev–Trinajstić information content (AvgIpc) is 2.87. The van der Waals surface area contributed by atoms with Crippen LogP contribution >= 0.6 is 0 Å². The zero-order valence-corrected chi connectivity index (χ0v) is 16.1. The van der Waals surface area contributed by atoms with Gasteiger partial charge in [0.25, 0.3) is 0 Å². The van der Waals surface area contributed by atoms with Crippen molar-refractivity contribution in [2.24, 2.45) is 5.10 Å². The Morgan fingerprint density at radius 1 is 1.00 bits per heavy atom. The zero-order valence-electron chi connectivity index (χ0n) is 16.1. The molecular weight excluding hydrogens is 365 g/mol. The lowest BCUT2D eigenvalue weighted by Crippen LogP contribution is -2.05. The van der Waals surface area contributed by atoms with Gasteiger partial charge in [-0.25, -0.2) is 4.98 Å². The van der Waals surface area contributed by atoms with Gasteiger partial charge in [0.2, 0.25) is 0 Å². The highest BCUT2D eigenvalue weighted by Gasteiger charge is 2.30. The second-order valence-electron chi connectivity index (χ2n) is 6.81. The van der Waals surface area contributed by atoms with Crippen molar-refractivity contribution in [2.45, 2.75) is 33.9 Å². The molecule has 28 heavy (non-hydrogen) atoms.